The van der Waals surface area contributed by atoms with Gasteiger partial charge in [-0.1, -0.05) is 6.92 Å². The fourth-order valence-electron chi connectivity index (χ4n) is 1.43. The highest BCUT2D eigenvalue weighted by Crippen LogP contribution is 2.35. The smallest absolute Gasteiger partial charge is 0.394 e. The highest BCUT2D eigenvalue weighted by molar-refractivity contribution is 4.83. The van der Waals surface area contributed by atoms with Gasteiger partial charge in [0.1, 0.15) is 0 Å². The fraction of sp³-hybridized carbons (Fsp3) is 1.00. The van der Waals surface area contributed by atoms with Crippen molar-refractivity contribution in [2.24, 2.45) is 0 Å². The van der Waals surface area contributed by atoms with E-state index in [2.05, 4.69) is 10.1 Å². The van der Waals surface area contributed by atoms with Crippen molar-refractivity contribution in [3.05, 3.63) is 0 Å². The van der Waals surface area contributed by atoms with Crippen LogP contribution >= 0.6 is 0 Å². The van der Waals surface area contributed by atoms with Crippen molar-refractivity contribution in [2.45, 2.75) is 50.7 Å². The van der Waals surface area contributed by atoms with Gasteiger partial charge in [0, 0.05) is 12.1 Å². The summed E-state index contributed by atoms with van der Waals surface area (Å²) in [4.78, 5) is 0. The summed E-state index contributed by atoms with van der Waals surface area (Å²) in [6.07, 6.45) is -14.3. The number of aliphatic hydroxyl groups is 1. The van der Waals surface area contributed by atoms with Crippen LogP contribution in [-0.4, -0.2) is 48.9 Å². The number of alkyl halides is 6. The molecule has 0 amide bonds. The first-order valence-corrected chi connectivity index (χ1v) is 6.07. The van der Waals surface area contributed by atoms with Gasteiger partial charge in [0.05, 0.1) is 6.61 Å². The molecule has 3 nitrogen and oxygen atoms in total. The molecule has 0 spiro atoms. The number of halogens is 6. The lowest BCUT2D eigenvalue weighted by atomic mass is 9.99. The topological polar surface area (TPSA) is 41.5 Å². The number of rotatable bonds is 8. The Morgan fingerprint density at radius 1 is 1.10 bits per heavy atom. The molecule has 0 saturated carbocycles. The lowest BCUT2D eigenvalue weighted by Crippen LogP contribution is -2.49. The molecule has 0 aliphatic rings. The van der Waals surface area contributed by atoms with Crippen LogP contribution in [-0.2, 0) is 4.74 Å². The summed E-state index contributed by atoms with van der Waals surface area (Å²) in [5.41, 5.74) is -0.974. The zero-order valence-corrected chi connectivity index (χ0v) is 11.2. The van der Waals surface area contributed by atoms with E-state index in [0.717, 1.165) is 0 Å². The predicted octanol–water partition coefficient (Wildman–Crippen LogP) is 2.64. The van der Waals surface area contributed by atoms with Crippen molar-refractivity contribution in [1.29, 1.82) is 0 Å². The van der Waals surface area contributed by atoms with Gasteiger partial charge in [-0.3, -0.25) is 0 Å². The summed E-state index contributed by atoms with van der Waals surface area (Å²) in [5.74, 6) is 0. The largest absolute Gasteiger partial charge is 0.423 e. The van der Waals surface area contributed by atoms with Crippen LogP contribution in [0.5, 0.6) is 0 Å². The van der Waals surface area contributed by atoms with Crippen molar-refractivity contribution in [2.75, 3.05) is 19.8 Å². The molecular formula is C11H19F6NO2. The molecule has 0 rings (SSSR count). The second-order valence-electron chi connectivity index (χ2n) is 4.73. The van der Waals surface area contributed by atoms with E-state index in [1.54, 1.807) is 0 Å². The van der Waals surface area contributed by atoms with E-state index >= 15 is 0 Å². The molecule has 0 aromatic carbocycles. The maximum atomic E-state index is 12.2. The lowest BCUT2D eigenvalue weighted by Gasteiger charge is -2.30. The van der Waals surface area contributed by atoms with Gasteiger partial charge in [0.2, 0.25) is 6.10 Å². The van der Waals surface area contributed by atoms with Crippen LogP contribution in [0, 0.1) is 0 Å². The summed E-state index contributed by atoms with van der Waals surface area (Å²) < 4.78 is 77.2. The predicted molar refractivity (Wildman–Crippen MR) is 60.3 cm³/mol. The fourth-order valence-corrected chi connectivity index (χ4v) is 1.43. The van der Waals surface area contributed by atoms with Crippen LogP contribution in [0.3, 0.4) is 0 Å². The third-order valence-corrected chi connectivity index (χ3v) is 2.68. The first-order chi connectivity index (χ1) is 8.96. The van der Waals surface area contributed by atoms with E-state index in [4.69, 9.17) is 5.11 Å². The zero-order valence-electron chi connectivity index (χ0n) is 11.2. The number of hydrogen-bond donors (Lipinski definition) is 2. The SMILES string of the molecule is CCCNC(C)(CO)CCOC(C(F)(F)F)C(F)(F)F. The van der Waals surface area contributed by atoms with E-state index in [1.807, 2.05) is 6.92 Å². The van der Waals surface area contributed by atoms with E-state index < -0.39 is 37.2 Å². The van der Waals surface area contributed by atoms with E-state index in [9.17, 15) is 26.3 Å². The first kappa shape index (κ1) is 19.5. The van der Waals surface area contributed by atoms with Crippen LogP contribution < -0.4 is 5.32 Å². The molecule has 0 fully saturated rings. The molecule has 2 N–H and O–H groups in total. The highest BCUT2D eigenvalue weighted by atomic mass is 19.4. The third-order valence-electron chi connectivity index (χ3n) is 2.68. The van der Waals surface area contributed by atoms with Crippen LogP contribution in [0.1, 0.15) is 26.7 Å². The number of ether oxygens (including phenoxy) is 1. The van der Waals surface area contributed by atoms with Gasteiger partial charge in [-0.15, -0.1) is 0 Å². The van der Waals surface area contributed by atoms with Crippen LogP contribution in [0.4, 0.5) is 26.3 Å². The summed E-state index contributed by atoms with van der Waals surface area (Å²) >= 11 is 0. The molecule has 0 heterocycles. The Morgan fingerprint density at radius 2 is 1.60 bits per heavy atom. The first-order valence-electron chi connectivity index (χ1n) is 6.07. The summed E-state index contributed by atoms with van der Waals surface area (Å²) in [5, 5.41) is 12.0. The van der Waals surface area contributed by atoms with Gasteiger partial charge in [-0.05, 0) is 26.3 Å². The summed E-state index contributed by atoms with van der Waals surface area (Å²) in [7, 11) is 0. The third kappa shape index (κ3) is 6.76. The molecule has 20 heavy (non-hydrogen) atoms. The number of aliphatic hydroxyl groups excluding tert-OH is 1. The van der Waals surface area contributed by atoms with Crippen molar-refractivity contribution in [3.8, 4) is 0 Å². The van der Waals surface area contributed by atoms with Crippen molar-refractivity contribution < 1.29 is 36.2 Å². The Hall–Kier alpha value is -0.540. The minimum atomic E-state index is -5.51. The van der Waals surface area contributed by atoms with Crippen molar-refractivity contribution in [1.82, 2.24) is 5.32 Å². The van der Waals surface area contributed by atoms with Gasteiger partial charge in [0.25, 0.3) is 0 Å². The van der Waals surface area contributed by atoms with Gasteiger partial charge in [-0.25, -0.2) is 0 Å². The normalized spacial score (nSPS) is 16.5. The van der Waals surface area contributed by atoms with Gasteiger partial charge >= 0.3 is 12.4 Å². The molecule has 0 aliphatic carbocycles. The Balaban J connectivity index is 4.50. The average Bonchev–Trinajstić information content (AvgIpc) is 2.29. The van der Waals surface area contributed by atoms with E-state index in [-0.39, 0.29) is 6.42 Å². The maximum Gasteiger partial charge on any atom is 0.423 e. The molecule has 0 bridgehead atoms. The van der Waals surface area contributed by atoms with Gasteiger partial charge in [-0.2, -0.15) is 26.3 Å². The Kier molecular flexibility index (Phi) is 7.26. The molecule has 0 aromatic rings. The lowest BCUT2D eigenvalue weighted by molar-refractivity contribution is -0.322. The maximum absolute atomic E-state index is 12.2. The molecule has 0 aromatic heterocycles. The second-order valence-corrected chi connectivity index (χ2v) is 4.73. The molecule has 0 radical (unpaired) electrons. The number of hydrogen-bond acceptors (Lipinski definition) is 3. The zero-order chi connectivity index (χ0) is 16.0. The van der Waals surface area contributed by atoms with Gasteiger partial charge < -0.3 is 15.2 Å². The van der Waals surface area contributed by atoms with E-state index in [1.165, 1.54) is 6.92 Å². The molecular weight excluding hydrogens is 292 g/mol. The number of nitrogens with one attached hydrogen (secondary N) is 1. The summed E-state index contributed by atoms with van der Waals surface area (Å²) in [6, 6.07) is 0. The molecule has 122 valence electrons. The molecule has 1 unspecified atom stereocenters. The monoisotopic (exact) mass is 311 g/mol. The Labute approximate surface area is 113 Å². The molecule has 9 heteroatoms. The van der Waals surface area contributed by atoms with Crippen LogP contribution in [0.25, 0.3) is 0 Å². The van der Waals surface area contributed by atoms with Crippen molar-refractivity contribution in [3.63, 3.8) is 0 Å². The Bertz CT molecular complexity index is 267. The average molecular weight is 311 g/mol. The van der Waals surface area contributed by atoms with E-state index in [0.29, 0.717) is 13.0 Å². The molecule has 1 atom stereocenters. The molecule has 0 saturated heterocycles. The van der Waals surface area contributed by atoms with Crippen LogP contribution in [0.15, 0.2) is 0 Å². The van der Waals surface area contributed by atoms with Gasteiger partial charge in [0.15, 0.2) is 0 Å². The minimum Gasteiger partial charge on any atom is -0.394 e. The second kappa shape index (κ2) is 7.46. The quantitative estimate of drug-likeness (QED) is 0.677. The summed E-state index contributed by atoms with van der Waals surface area (Å²) in [6.45, 7) is 2.64. The van der Waals surface area contributed by atoms with Crippen molar-refractivity contribution >= 4 is 0 Å². The standard InChI is InChI=1S/C11H19F6NO2/c1-3-5-18-9(2,7-19)4-6-20-8(10(12,13)14)11(15,16)17/h8,18-19H,3-7H2,1-2H3. The molecule has 0 aliphatic heterocycles. The minimum absolute atomic E-state index is 0.174. The Morgan fingerprint density at radius 3 is 1.95 bits per heavy atom. The van der Waals surface area contributed by atoms with Crippen LogP contribution in [0.2, 0.25) is 0 Å². The highest BCUT2D eigenvalue weighted by Gasteiger charge is 2.57.